The van der Waals surface area contributed by atoms with Crippen LogP contribution in [0.1, 0.15) is 49.4 Å². The third-order valence-corrected chi connectivity index (χ3v) is 4.50. The van der Waals surface area contributed by atoms with Crippen molar-refractivity contribution in [3.8, 4) is 0 Å². The van der Waals surface area contributed by atoms with Gasteiger partial charge in [0.2, 0.25) is 0 Å². The van der Waals surface area contributed by atoms with Crippen molar-refractivity contribution < 1.29 is 0 Å². The van der Waals surface area contributed by atoms with Crippen LogP contribution in [0.25, 0.3) is 0 Å². The minimum Gasteiger partial charge on any atom is -0.310 e. The molecule has 1 nitrogen and oxygen atoms in total. The van der Waals surface area contributed by atoms with Crippen molar-refractivity contribution in [1.82, 2.24) is 5.32 Å². The van der Waals surface area contributed by atoms with E-state index in [1.807, 2.05) is 0 Å². The summed E-state index contributed by atoms with van der Waals surface area (Å²) in [7, 11) is 0. The van der Waals surface area contributed by atoms with Crippen molar-refractivity contribution >= 4 is 11.6 Å². The van der Waals surface area contributed by atoms with Crippen LogP contribution in [0.15, 0.2) is 12.1 Å². The van der Waals surface area contributed by atoms with Crippen LogP contribution >= 0.6 is 11.6 Å². The zero-order valence-electron chi connectivity index (χ0n) is 11.9. The standard InChI is InChI=1S/C16H24ClN/c1-5-6-18-16(13-7-10(13)2)14-8-12(4)15(17)9-11(14)3/h8-10,13,16,18H,5-7H2,1-4H3. The Bertz CT molecular complexity index is 427. The summed E-state index contributed by atoms with van der Waals surface area (Å²) in [5.41, 5.74) is 3.95. The first-order chi connectivity index (χ1) is 8.54. The molecule has 1 aliphatic rings. The minimum atomic E-state index is 0.510. The van der Waals surface area contributed by atoms with Crippen molar-refractivity contribution in [3.63, 3.8) is 0 Å². The van der Waals surface area contributed by atoms with E-state index in [1.165, 1.54) is 29.5 Å². The number of aryl methyl sites for hydroxylation is 2. The molecule has 2 rings (SSSR count). The summed E-state index contributed by atoms with van der Waals surface area (Å²) in [4.78, 5) is 0. The van der Waals surface area contributed by atoms with E-state index in [4.69, 9.17) is 11.6 Å². The van der Waals surface area contributed by atoms with E-state index in [1.54, 1.807) is 0 Å². The van der Waals surface area contributed by atoms with Crippen molar-refractivity contribution in [2.24, 2.45) is 11.8 Å². The summed E-state index contributed by atoms with van der Waals surface area (Å²) < 4.78 is 0. The molecule has 2 heteroatoms. The van der Waals surface area contributed by atoms with Gasteiger partial charge in [0.15, 0.2) is 0 Å². The Morgan fingerprint density at radius 1 is 1.33 bits per heavy atom. The number of rotatable bonds is 5. The van der Waals surface area contributed by atoms with Gasteiger partial charge in [0, 0.05) is 11.1 Å². The molecular formula is C16H24ClN. The molecule has 0 aromatic heterocycles. The topological polar surface area (TPSA) is 12.0 Å². The fraction of sp³-hybridized carbons (Fsp3) is 0.625. The molecule has 0 heterocycles. The van der Waals surface area contributed by atoms with Crippen molar-refractivity contribution in [3.05, 3.63) is 33.8 Å². The van der Waals surface area contributed by atoms with Gasteiger partial charge in [0.05, 0.1) is 0 Å². The maximum Gasteiger partial charge on any atom is 0.0438 e. The van der Waals surface area contributed by atoms with E-state index in [0.29, 0.717) is 6.04 Å². The first kappa shape index (κ1) is 13.9. The molecule has 0 amide bonds. The monoisotopic (exact) mass is 265 g/mol. The highest BCUT2D eigenvalue weighted by atomic mass is 35.5. The van der Waals surface area contributed by atoms with Gasteiger partial charge in [-0.1, -0.05) is 31.5 Å². The molecule has 1 aromatic rings. The van der Waals surface area contributed by atoms with E-state index < -0.39 is 0 Å². The maximum absolute atomic E-state index is 6.20. The molecule has 1 N–H and O–H groups in total. The summed E-state index contributed by atoms with van der Waals surface area (Å²) >= 11 is 6.20. The highest BCUT2D eigenvalue weighted by Gasteiger charge is 2.40. The molecule has 100 valence electrons. The Hall–Kier alpha value is -0.530. The molecule has 0 aliphatic heterocycles. The average molecular weight is 266 g/mol. The average Bonchev–Trinajstić information content (AvgIpc) is 3.03. The second-order valence-electron chi connectivity index (χ2n) is 5.77. The second kappa shape index (κ2) is 5.63. The van der Waals surface area contributed by atoms with Crippen LogP contribution < -0.4 is 5.32 Å². The van der Waals surface area contributed by atoms with Crippen LogP contribution in [0.5, 0.6) is 0 Å². The molecule has 0 bridgehead atoms. The Kier molecular flexibility index (Phi) is 4.34. The first-order valence-corrected chi connectivity index (χ1v) is 7.42. The fourth-order valence-electron chi connectivity index (χ4n) is 2.75. The van der Waals surface area contributed by atoms with Crippen LogP contribution in [0.4, 0.5) is 0 Å². The molecule has 18 heavy (non-hydrogen) atoms. The lowest BCUT2D eigenvalue weighted by Crippen LogP contribution is -2.25. The molecular weight excluding hydrogens is 242 g/mol. The van der Waals surface area contributed by atoms with Gasteiger partial charge in [-0.2, -0.15) is 0 Å². The zero-order chi connectivity index (χ0) is 13.3. The lowest BCUT2D eigenvalue weighted by Gasteiger charge is -2.22. The van der Waals surface area contributed by atoms with Crippen molar-refractivity contribution in [2.75, 3.05) is 6.54 Å². The van der Waals surface area contributed by atoms with Crippen LogP contribution in [0, 0.1) is 25.7 Å². The zero-order valence-corrected chi connectivity index (χ0v) is 12.6. The van der Waals surface area contributed by atoms with E-state index >= 15 is 0 Å². The summed E-state index contributed by atoms with van der Waals surface area (Å²) in [5.74, 6) is 1.66. The summed E-state index contributed by atoms with van der Waals surface area (Å²) in [5, 5.41) is 4.61. The molecule has 1 aliphatic carbocycles. The maximum atomic E-state index is 6.20. The van der Waals surface area contributed by atoms with Gasteiger partial charge in [-0.15, -0.1) is 0 Å². The Labute approximate surface area is 116 Å². The normalized spacial score (nSPS) is 24.1. The second-order valence-corrected chi connectivity index (χ2v) is 6.17. The van der Waals surface area contributed by atoms with E-state index in [-0.39, 0.29) is 0 Å². The SMILES string of the molecule is CCCNC(c1cc(C)c(Cl)cc1C)C1CC1C. The number of hydrogen-bond donors (Lipinski definition) is 1. The first-order valence-electron chi connectivity index (χ1n) is 7.04. The molecule has 1 aromatic carbocycles. The Morgan fingerprint density at radius 3 is 2.56 bits per heavy atom. The van der Waals surface area contributed by atoms with Crippen LogP contribution in [-0.2, 0) is 0 Å². The van der Waals surface area contributed by atoms with Gasteiger partial charge >= 0.3 is 0 Å². The van der Waals surface area contributed by atoms with Crippen molar-refractivity contribution in [2.45, 2.75) is 46.6 Å². The highest BCUT2D eigenvalue weighted by Crippen LogP contribution is 2.47. The highest BCUT2D eigenvalue weighted by molar-refractivity contribution is 6.31. The molecule has 1 fully saturated rings. The Balaban J connectivity index is 2.27. The minimum absolute atomic E-state index is 0.510. The predicted octanol–water partition coefficient (Wildman–Crippen LogP) is 4.65. The third kappa shape index (κ3) is 2.89. The molecule has 3 unspecified atom stereocenters. The Morgan fingerprint density at radius 2 is 2.00 bits per heavy atom. The van der Waals surface area contributed by atoms with Crippen LogP contribution in [0.3, 0.4) is 0 Å². The fourth-order valence-corrected chi connectivity index (χ4v) is 2.96. The summed E-state index contributed by atoms with van der Waals surface area (Å²) in [6.07, 6.45) is 2.53. The summed E-state index contributed by atoms with van der Waals surface area (Å²) in [6.45, 7) is 9.94. The number of halogens is 1. The number of benzene rings is 1. The number of nitrogens with one attached hydrogen (secondary N) is 1. The van der Waals surface area contributed by atoms with Crippen LogP contribution in [0.2, 0.25) is 5.02 Å². The van der Waals surface area contributed by atoms with Crippen LogP contribution in [-0.4, -0.2) is 6.54 Å². The van der Waals surface area contributed by atoms with E-state index in [0.717, 1.165) is 23.4 Å². The largest absolute Gasteiger partial charge is 0.310 e. The lowest BCUT2D eigenvalue weighted by molar-refractivity contribution is 0.461. The van der Waals surface area contributed by atoms with Gasteiger partial charge in [0.25, 0.3) is 0 Å². The van der Waals surface area contributed by atoms with E-state index in [9.17, 15) is 0 Å². The molecule has 0 radical (unpaired) electrons. The van der Waals surface area contributed by atoms with Gasteiger partial charge in [0.1, 0.15) is 0 Å². The summed E-state index contributed by atoms with van der Waals surface area (Å²) in [6, 6.07) is 4.89. The smallest absolute Gasteiger partial charge is 0.0438 e. The molecule has 3 atom stereocenters. The van der Waals surface area contributed by atoms with Crippen molar-refractivity contribution in [1.29, 1.82) is 0 Å². The van der Waals surface area contributed by atoms with Gasteiger partial charge in [-0.3, -0.25) is 0 Å². The molecule has 0 saturated heterocycles. The van der Waals surface area contributed by atoms with E-state index in [2.05, 4.69) is 45.1 Å². The molecule has 1 saturated carbocycles. The third-order valence-electron chi connectivity index (χ3n) is 4.10. The number of hydrogen-bond acceptors (Lipinski definition) is 1. The predicted molar refractivity (Wildman–Crippen MR) is 79.2 cm³/mol. The van der Waals surface area contributed by atoms with Gasteiger partial charge in [-0.05, 0) is 67.8 Å². The van der Waals surface area contributed by atoms with Gasteiger partial charge in [-0.25, -0.2) is 0 Å². The quantitative estimate of drug-likeness (QED) is 0.817. The van der Waals surface area contributed by atoms with Gasteiger partial charge < -0.3 is 5.32 Å². The molecule has 0 spiro atoms. The lowest BCUT2D eigenvalue weighted by atomic mass is 9.94.